The third-order valence-corrected chi connectivity index (χ3v) is 5.25. The maximum absolute atomic E-state index is 12.2. The molecule has 2 N–H and O–H groups in total. The van der Waals surface area contributed by atoms with Gasteiger partial charge in [0.15, 0.2) is 0 Å². The van der Waals surface area contributed by atoms with E-state index in [0.717, 1.165) is 6.54 Å². The van der Waals surface area contributed by atoms with Crippen LogP contribution in [0.25, 0.3) is 0 Å². The summed E-state index contributed by atoms with van der Waals surface area (Å²) < 4.78 is 0. The molecule has 22 heavy (non-hydrogen) atoms. The Balaban J connectivity index is 2.02. The number of hydrogen-bond donors (Lipinski definition) is 2. The summed E-state index contributed by atoms with van der Waals surface area (Å²) in [6.07, 6.45) is 4.31. The smallest absolute Gasteiger partial charge is 0.307 e. The minimum Gasteiger partial charge on any atom is -0.481 e. The zero-order valence-corrected chi connectivity index (χ0v) is 14.3. The van der Waals surface area contributed by atoms with Crippen LogP contribution in [0.2, 0.25) is 0 Å². The molecule has 2 fully saturated rings. The lowest BCUT2D eigenvalue weighted by Gasteiger charge is -2.45. The van der Waals surface area contributed by atoms with Crippen molar-refractivity contribution in [2.75, 3.05) is 13.1 Å². The van der Waals surface area contributed by atoms with E-state index in [9.17, 15) is 14.7 Å². The molecule has 5 nitrogen and oxygen atoms in total. The van der Waals surface area contributed by atoms with E-state index in [4.69, 9.17) is 0 Å². The number of likely N-dealkylation sites (tertiary alicyclic amines) is 1. The predicted molar refractivity (Wildman–Crippen MR) is 85.5 cm³/mol. The number of nitrogens with zero attached hydrogens (tertiary/aromatic N) is 1. The van der Waals surface area contributed by atoms with Gasteiger partial charge in [-0.2, -0.15) is 0 Å². The van der Waals surface area contributed by atoms with Crippen molar-refractivity contribution >= 4 is 11.9 Å². The molecule has 0 spiro atoms. The SMILES string of the molecule is CC(C1CCC1)N1CC(NC(=O)C(C)(C)C)CC(C(=O)O)C1. The molecule has 2 aliphatic rings. The molecule has 1 aliphatic heterocycles. The highest BCUT2D eigenvalue weighted by Crippen LogP contribution is 2.34. The monoisotopic (exact) mass is 310 g/mol. The van der Waals surface area contributed by atoms with E-state index in [0.29, 0.717) is 24.9 Å². The lowest BCUT2D eigenvalue weighted by Crippen LogP contribution is -2.57. The highest BCUT2D eigenvalue weighted by atomic mass is 16.4. The Labute approximate surface area is 133 Å². The fourth-order valence-electron chi connectivity index (χ4n) is 3.37. The summed E-state index contributed by atoms with van der Waals surface area (Å²) in [5.74, 6) is -0.451. The third-order valence-electron chi connectivity index (χ3n) is 5.25. The van der Waals surface area contributed by atoms with E-state index in [1.54, 1.807) is 0 Å². The fraction of sp³-hybridized carbons (Fsp3) is 0.882. The number of nitrogens with one attached hydrogen (secondary N) is 1. The number of carboxylic acid groups (broad SMARTS) is 1. The Morgan fingerprint density at radius 3 is 2.32 bits per heavy atom. The van der Waals surface area contributed by atoms with Gasteiger partial charge in [-0.25, -0.2) is 0 Å². The van der Waals surface area contributed by atoms with Crippen LogP contribution in [0.4, 0.5) is 0 Å². The zero-order valence-electron chi connectivity index (χ0n) is 14.3. The average Bonchev–Trinajstić information content (AvgIpc) is 2.34. The van der Waals surface area contributed by atoms with Gasteiger partial charge in [-0.15, -0.1) is 0 Å². The number of amides is 1. The van der Waals surface area contributed by atoms with Crippen molar-refractivity contribution in [2.45, 2.75) is 65.5 Å². The summed E-state index contributed by atoms with van der Waals surface area (Å²) in [6.45, 7) is 9.23. The lowest BCUT2D eigenvalue weighted by atomic mass is 9.78. The molecule has 1 saturated heterocycles. The quantitative estimate of drug-likeness (QED) is 0.834. The second kappa shape index (κ2) is 6.57. The molecule has 0 aromatic carbocycles. The van der Waals surface area contributed by atoms with Gasteiger partial charge < -0.3 is 10.4 Å². The van der Waals surface area contributed by atoms with Crippen LogP contribution in [-0.2, 0) is 9.59 Å². The Morgan fingerprint density at radius 2 is 1.86 bits per heavy atom. The maximum Gasteiger partial charge on any atom is 0.307 e. The molecule has 5 heteroatoms. The molecule has 1 heterocycles. The fourth-order valence-corrected chi connectivity index (χ4v) is 3.37. The van der Waals surface area contributed by atoms with E-state index in [2.05, 4.69) is 17.1 Å². The number of aliphatic carboxylic acids is 1. The maximum atomic E-state index is 12.2. The van der Waals surface area contributed by atoms with Crippen LogP contribution in [-0.4, -0.2) is 47.1 Å². The van der Waals surface area contributed by atoms with Gasteiger partial charge in [0.05, 0.1) is 5.92 Å². The van der Waals surface area contributed by atoms with Crippen molar-refractivity contribution in [3.8, 4) is 0 Å². The first-order chi connectivity index (χ1) is 10.2. The highest BCUT2D eigenvalue weighted by molar-refractivity contribution is 5.81. The van der Waals surface area contributed by atoms with Crippen LogP contribution in [0, 0.1) is 17.3 Å². The molecule has 0 bridgehead atoms. The molecular formula is C17H30N2O3. The second-order valence-electron chi connectivity index (χ2n) is 8.08. The Hall–Kier alpha value is -1.10. The summed E-state index contributed by atoms with van der Waals surface area (Å²) >= 11 is 0. The van der Waals surface area contributed by atoms with Crippen molar-refractivity contribution in [3.63, 3.8) is 0 Å². The molecule has 0 aromatic rings. The first-order valence-corrected chi connectivity index (χ1v) is 8.46. The molecule has 0 radical (unpaired) electrons. The van der Waals surface area contributed by atoms with Gasteiger partial charge in [-0.1, -0.05) is 27.2 Å². The minimum absolute atomic E-state index is 0.000198. The average molecular weight is 310 g/mol. The minimum atomic E-state index is -0.750. The second-order valence-corrected chi connectivity index (χ2v) is 8.08. The van der Waals surface area contributed by atoms with E-state index in [1.165, 1.54) is 19.3 Å². The van der Waals surface area contributed by atoms with Crippen molar-refractivity contribution in [1.82, 2.24) is 10.2 Å². The molecule has 2 rings (SSSR count). The van der Waals surface area contributed by atoms with Gasteiger partial charge >= 0.3 is 5.97 Å². The van der Waals surface area contributed by atoms with Gasteiger partial charge in [-0.3, -0.25) is 14.5 Å². The van der Waals surface area contributed by atoms with E-state index in [1.807, 2.05) is 20.8 Å². The number of carbonyl (C=O) groups excluding carboxylic acids is 1. The molecular weight excluding hydrogens is 280 g/mol. The van der Waals surface area contributed by atoms with Crippen molar-refractivity contribution < 1.29 is 14.7 Å². The molecule has 1 saturated carbocycles. The number of carbonyl (C=O) groups is 2. The Kier molecular flexibility index (Phi) is 5.15. The number of hydrogen-bond acceptors (Lipinski definition) is 3. The summed E-state index contributed by atoms with van der Waals surface area (Å²) in [5.41, 5.74) is -0.444. The van der Waals surface area contributed by atoms with Crippen LogP contribution in [0.3, 0.4) is 0 Å². The zero-order chi connectivity index (χ0) is 16.5. The lowest BCUT2D eigenvalue weighted by molar-refractivity contribution is -0.145. The van der Waals surface area contributed by atoms with Crippen LogP contribution < -0.4 is 5.32 Å². The van der Waals surface area contributed by atoms with Gasteiger partial charge in [0.1, 0.15) is 0 Å². The van der Waals surface area contributed by atoms with Crippen LogP contribution in [0.15, 0.2) is 0 Å². The molecule has 3 atom stereocenters. The van der Waals surface area contributed by atoms with Gasteiger partial charge in [0.25, 0.3) is 0 Å². The standard InChI is InChI=1S/C17H30N2O3/c1-11(12-6-5-7-12)19-9-13(15(20)21)8-14(10-19)18-16(22)17(2,3)4/h11-14H,5-10H2,1-4H3,(H,18,22)(H,20,21). The normalized spacial score (nSPS) is 28.7. The third kappa shape index (κ3) is 4.00. The van der Waals surface area contributed by atoms with Crippen molar-refractivity contribution in [3.05, 3.63) is 0 Å². The highest BCUT2D eigenvalue weighted by Gasteiger charge is 2.38. The van der Waals surface area contributed by atoms with Gasteiger partial charge in [0.2, 0.25) is 5.91 Å². The van der Waals surface area contributed by atoms with E-state index < -0.39 is 11.4 Å². The van der Waals surface area contributed by atoms with Crippen LogP contribution in [0.5, 0.6) is 0 Å². The van der Waals surface area contributed by atoms with E-state index >= 15 is 0 Å². The predicted octanol–water partition coefficient (Wildman–Crippen LogP) is 2.11. The number of piperidine rings is 1. The van der Waals surface area contributed by atoms with Crippen molar-refractivity contribution in [1.29, 1.82) is 0 Å². The number of rotatable bonds is 4. The molecule has 126 valence electrons. The van der Waals surface area contributed by atoms with Gasteiger partial charge in [-0.05, 0) is 32.1 Å². The topological polar surface area (TPSA) is 69.6 Å². The Morgan fingerprint density at radius 1 is 1.23 bits per heavy atom. The summed E-state index contributed by atoms with van der Waals surface area (Å²) in [6, 6.07) is 0.342. The molecule has 1 aliphatic carbocycles. The van der Waals surface area contributed by atoms with Crippen LogP contribution in [0.1, 0.15) is 53.4 Å². The van der Waals surface area contributed by atoms with Crippen LogP contribution >= 0.6 is 0 Å². The van der Waals surface area contributed by atoms with Gasteiger partial charge in [0, 0.05) is 30.6 Å². The summed E-state index contributed by atoms with van der Waals surface area (Å²) in [7, 11) is 0. The summed E-state index contributed by atoms with van der Waals surface area (Å²) in [4.78, 5) is 26.0. The van der Waals surface area contributed by atoms with Crippen molar-refractivity contribution in [2.24, 2.45) is 17.3 Å². The number of carboxylic acids is 1. The molecule has 0 aromatic heterocycles. The molecule has 3 unspecified atom stereocenters. The molecule has 1 amide bonds. The Bertz CT molecular complexity index is 426. The first-order valence-electron chi connectivity index (χ1n) is 8.46. The largest absolute Gasteiger partial charge is 0.481 e. The first kappa shape index (κ1) is 17.3. The summed E-state index contributed by atoms with van der Waals surface area (Å²) in [5, 5.41) is 12.5. The van der Waals surface area contributed by atoms with E-state index in [-0.39, 0.29) is 17.9 Å².